The Labute approximate surface area is 91.3 Å². The van der Waals surface area contributed by atoms with Crippen LogP contribution >= 0.6 is 0 Å². The maximum atomic E-state index is 11.5. The van der Waals surface area contributed by atoms with Gasteiger partial charge < -0.3 is 4.57 Å². The third kappa shape index (κ3) is 2.49. The number of ketones is 1. The fourth-order valence-corrected chi connectivity index (χ4v) is 2.41. The third-order valence-electron chi connectivity index (χ3n) is 3.34. The first kappa shape index (κ1) is 10.5. The van der Waals surface area contributed by atoms with Gasteiger partial charge in [-0.05, 0) is 24.8 Å². The summed E-state index contributed by atoms with van der Waals surface area (Å²) in [4.78, 5) is 11.5. The van der Waals surface area contributed by atoms with Gasteiger partial charge in [0.25, 0.3) is 0 Å². The van der Waals surface area contributed by atoms with Crippen LogP contribution in [0.15, 0.2) is 18.5 Å². The average molecular weight is 205 g/mol. The molecule has 1 saturated carbocycles. The molecule has 1 heterocycles. The summed E-state index contributed by atoms with van der Waals surface area (Å²) in [5.74, 6) is 1.09. The summed E-state index contributed by atoms with van der Waals surface area (Å²) in [7, 11) is 0. The summed E-state index contributed by atoms with van der Waals surface area (Å²) < 4.78 is 2.18. The van der Waals surface area contributed by atoms with E-state index in [4.69, 9.17) is 0 Å². The molecule has 0 aromatic carbocycles. The lowest BCUT2D eigenvalue weighted by atomic mass is 10.1. The molecule has 15 heavy (non-hydrogen) atoms. The molecule has 2 heteroatoms. The molecule has 0 bridgehead atoms. The summed E-state index contributed by atoms with van der Waals surface area (Å²) in [5.41, 5.74) is 0.871. The summed E-state index contributed by atoms with van der Waals surface area (Å²) in [5, 5.41) is 0. The van der Waals surface area contributed by atoms with E-state index in [1.807, 2.05) is 25.4 Å². The van der Waals surface area contributed by atoms with Crippen molar-refractivity contribution in [2.24, 2.45) is 5.92 Å². The normalized spacial score (nSPS) is 17.1. The zero-order valence-electron chi connectivity index (χ0n) is 9.41. The van der Waals surface area contributed by atoms with E-state index in [9.17, 15) is 4.79 Å². The van der Waals surface area contributed by atoms with Crippen LogP contribution in [0.5, 0.6) is 0 Å². The minimum Gasteiger partial charge on any atom is -0.353 e. The monoisotopic (exact) mass is 205 g/mol. The summed E-state index contributed by atoms with van der Waals surface area (Å²) >= 11 is 0. The van der Waals surface area contributed by atoms with Crippen LogP contribution in [0, 0.1) is 5.92 Å². The molecule has 0 unspecified atom stereocenters. The highest BCUT2D eigenvalue weighted by Crippen LogP contribution is 2.26. The van der Waals surface area contributed by atoms with Crippen LogP contribution < -0.4 is 0 Å². The van der Waals surface area contributed by atoms with Crippen molar-refractivity contribution in [3.63, 3.8) is 0 Å². The molecule has 82 valence electrons. The standard InChI is InChI=1S/C13H19NO/c1-2-13(15)12-7-8-14(10-12)9-11-5-3-4-6-11/h7-8,10-11H,2-6,9H2,1H3. The van der Waals surface area contributed by atoms with E-state index >= 15 is 0 Å². The molecule has 1 aliphatic rings. The van der Waals surface area contributed by atoms with Crippen molar-refractivity contribution >= 4 is 5.78 Å². The van der Waals surface area contributed by atoms with Gasteiger partial charge in [-0.2, -0.15) is 0 Å². The molecule has 0 radical (unpaired) electrons. The molecule has 0 aliphatic heterocycles. The van der Waals surface area contributed by atoms with Crippen molar-refractivity contribution in [2.45, 2.75) is 45.6 Å². The van der Waals surface area contributed by atoms with Crippen molar-refractivity contribution in [1.29, 1.82) is 0 Å². The van der Waals surface area contributed by atoms with Crippen molar-refractivity contribution < 1.29 is 4.79 Å². The van der Waals surface area contributed by atoms with Gasteiger partial charge in [0.05, 0.1) is 0 Å². The molecule has 2 nitrogen and oxygen atoms in total. The number of nitrogens with zero attached hydrogens (tertiary/aromatic N) is 1. The maximum absolute atomic E-state index is 11.5. The van der Waals surface area contributed by atoms with Crippen molar-refractivity contribution in [1.82, 2.24) is 4.57 Å². The minimum atomic E-state index is 0.250. The molecule has 0 saturated heterocycles. The molecular weight excluding hydrogens is 186 g/mol. The fourth-order valence-electron chi connectivity index (χ4n) is 2.41. The van der Waals surface area contributed by atoms with Gasteiger partial charge in [-0.1, -0.05) is 19.8 Å². The summed E-state index contributed by atoms with van der Waals surface area (Å²) in [6.07, 6.45) is 10.1. The molecule has 0 amide bonds. The van der Waals surface area contributed by atoms with Gasteiger partial charge in [-0.3, -0.25) is 4.79 Å². The number of rotatable bonds is 4. The molecule has 0 atom stereocenters. The van der Waals surface area contributed by atoms with Crippen LogP contribution in [-0.2, 0) is 6.54 Å². The maximum Gasteiger partial charge on any atom is 0.164 e. The Morgan fingerprint density at radius 1 is 1.47 bits per heavy atom. The molecule has 1 aliphatic carbocycles. The van der Waals surface area contributed by atoms with Gasteiger partial charge >= 0.3 is 0 Å². The van der Waals surface area contributed by atoms with Crippen LogP contribution in [0.2, 0.25) is 0 Å². The number of hydrogen-bond donors (Lipinski definition) is 0. The number of Topliss-reactive ketones (excluding diaryl/α,β-unsaturated/α-hetero) is 1. The molecule has 0 spiro atoms. The molecule has 2 rings (SSSR count). The Morgan fingerprint density at radius 2 is 2.20 bits per heavy atom. The second-order valence-corrected chi connectivity index (χ2v) is 4.52. The van der Waals surface area contributed by atoms with Gasteiger partial charge in [0.2, 0.25) is 0 Å². The van der Waals surface area contributed by atoms with Crippen molar-refractivity contribution in [2.75, 3.05) is 0 Å². The van der Waals surface area contributed by atoms with Crippen molar-refractivity contribution in [3.8, 4) is 0 Å². The lowest BCUT2D eigenvalue weighted by Gasteiger charge is -2.09. The van der Waals surface area contributed by atoms with Crippen LogP contribution in [0.3, 0.4) is 0 Å². The van der Waals surface area contributed by atoms with E-state index < -0.39 is 0 Å². The molecule has 1 fully saturated rings. The highest BCUT2D eigenvalue weighted by molar-refractivity contribution is 5.95. The van der Waals surface area contributed by atoms with Gasteiger partial charge in [0.1, 0.15) is 0 Å². The zero-order valence-corrected chi connectivity index (χ0v) is 9.41. The van der Waals surface area contributed by atoms with E-state index in [1.165, 1.54) is 25.7 Å². The topological polar surface area (TPSA) is 22.0 Å². The Kier molecular flexibility index (Phi) is 3.24. The van der Waals surface area contributed by atoms with E-state index in [0.717, 1.165) is 18.0 Å². The van der Waals surface area contributed by atoms with Gasteiger partial charge in [0.15, 0.2) is 5.78 Å². The Bertz CT molecular complexity index is 334. The van der Waals surface area contributed by atoms with Gasteiger partial charge in [-0.15, -0.1) is 0 Å². The quantitative estimate of drug-likeness (QED) is 0.691. The van der Waals surface area contributed by atoms with Crippen LogP contribution in [0.25, 0.3) is 0 Å². The van der Waals surface area contributed by atoms with Crippen LogP contribution in [-0.4, -0.2) is 10.4 Å². The highest BCUT2D eigenvalue weighted by Gasteiger charge is 2.15. The first-order valence-corrected chi connectivity index (χ1v) is 5.98. The molecular formula is C13H19NO. The largest absolute Gasteiger partial charge is 0.353 e. The minimum absolute atomic E-state index is 0.250. The summed E-state index contributed by atoms with van der Waals surface area (Å²) in [6, 6.07) is 1.95. The second kappa shape index (κ2) is 4.65. The second-order valence-electron chi connectivity index (χ2n) is 4.52. The third-order valence-corrected chi connectivity index (χ3v) is 3.34. The van der Waals surface area contributed by atoms with E-state index in [1.54, 1.807) is 0 Å². The first-order valence-electron chi connectivity index (χ1n) is 5.98. The Balaban J connectivity index is 1.97. The molecule has 1 aromatic heterocycles. The predicted molar refractivity (Wildman–Crippen MR) is 61.0 cm³/mol. The number of aromatic nitrogens is 1. The smallest absolute Gasteiger partial charge is 0.164 e. The Morgan fingerprint density at radius 3 is 2.87 bits per heavy atom. The molecule has 1 aromatic rings. The number of carbonyl (C=O) groups excluding carboxylic acids is 1. The zero-order chi connectivity index (χ0) is 10.7. The SMILES string of the molecule is CCC(=O)c1ccn(CC2CCCC2)c1. The summed E-state index contributed by atoms with van der Waals surface area (Å²) in [6.45, 7) is 3.01. The van der Waals surface area contributed by atoms with E-state index in [-0.39, 0.29) is 5.78 Å². The fraction of sp³-hybridized carbons (Fsp3) is 0.615. The van der Waals surface area contributed by atoms with E-state index in [2.05, 4.69) is 4.57 Å². The van der Waals surface area contributed by atoms with Crippen LogP contribution in [0.1, 0.15) is 49.4 Å². The number of hydrogen-bond acceptors (Lipinski definition) is 1. The average Bonchev–Trinajstić information content (AvgIpc) is 2.88. The predicted octanol–water partition coefficient (Wildman–Crippen LogP) is 3.27. The van der Waals surface area contributed by atoms with E-state index in [0.29, 0.717) is 6.42 Å². The van der Waals surface area contributed by atoms with Crippen LogP contribution in [0.4, 0.5) is 0 Å². The molecule has 0 N–H and O–H groups in total. The Hall–Kier alpha value is -1.05. The lowest BCUT2D eigenvalue weighted by molar-refractivity contribution is 0.0988. The highest BCUT2D eigenvalue weighted by atomic mass is 16.1. The lowest BCUT2D eigenvalue weighted by Crippen LogP contribution is -2.05. The number of carbonyl (C=O) groups is 1. The first-order chi connectivity index (χ1) is 7.29. The van der Waals surface area contributed by atoms with Gasteiger partial charge in [0, 0.05) is 30.9 Å². The van der Waals surface area contributed by atoms with Gasteiger partial charge in [-0.25, -0.2) is 0 Å². The van der Waals surface area contributed by atoms with Crippen molar-refractivity contribution in [3.05, 3.63) is 24.0 Å².